The minimum Gasteiger partial charge on any atom is -0.381 e. The summed E-state index contributed by atoms with van der Waals surface area (Å²) in [6.45, 7) is 10.9. The summed E-state index contributed by atoms with van der Waals surface area (Å²) in [6.07, 6.45) is 1.31. The van der Waals surface area contributed by atoms with E-state index >= 15 is 0 Å². The van der Waals surface area contributed by atoms with Crippen molar-refractivity contribution in [3.63, 3.8) is 0 Å². The Bertz CT molecular complexity index is 883. The Kier molecular flexibility index (Phi) is 6.73. The van der Waals surface area contributed by atoms with Gasteiger partial charge in [0.25, 0.3) is 0 Å². The Hall–Kier alpha value is -2.21. The first-order valence-electron chi connectivity index (χ1n) is 10.4. The van der Waals surface area contributed by atoms with Gasteiger partial charge in [0.1, 0.15) is 0 Å². The van der Waals surface area contributed by atoms with E-state index in [1.54, 1.807) is 26.0 Å². The number of benzene rings is 2. The smallest absolute Gasteiger partial charge is 0.235 e. The van der Waals surface area contributed by atoms with Gasteiger partial charge in [-0.05, 0) is 74.1 Å². The summed E-state index contributed by atoms with van der Waals surface area (Å²) in [4.78, 5) is 2.49. The van der Waals surface area contributed by atoms with Crippen LogP contribution in [-0.2, 0) is 16.6 Å². The minimum atomic E-state index is -3.31. The molecule has 2 aromatic rings. The fraction of sp³-hybridized carbons (Fsp3) is 0.478. The largest absolute Gasteiger partial charge is 0.381 e. The third-order valence-corrected chi connectivity index (χ3v) is 7.19. The molecule has 158 valence electrons. The molecular weight excluding hydrogens is 382 g/mol. The summed E-state index contributed by atoms with van der Waals surface area (Å²) < 4.78 is 26.5. The molecule has 2 aromatic carbocycles. The molecule has 0 saturated carbocycles. The molecule has 3 rings (SSSR count). The molecule has 0 unspecified atom stereocenters. The van der Waals surface area contributed by atoms with E-state index in [-0.39, 0.29) is 0 Å². The standard InChI is InChI=1S/C23H33N3O2S/c1-17(2)29(27,28)25-22-7-5-20(6-8-22)14-24-21-9-11-23(12-10-21)26-15-18(3)13-19(4)16-26/h5-12,17-19,24-25H,13-16H2,1-4H3/t18-,19+. The maximum atomic E-state index is 11.9. The van der Waals surface area contributed by atoms with Crippen LogP contribution in [0.5, 0.6) is 0 Å². The lowest BCUT2D eigenvalue weighted by atomic mass is 9.91. The van der Waals surface area contributed by atoms with Crippen molar-refractivity contribution in [2.45, 2.75) is 45.9 Å². The van der Waals surface area contributed by atoms with Crippen molar-refractivity contribution in [1.29, 1.82) is 0 Å². The zero-order valence-electron chi connectivity index (χ0n) is 17.9. The van der Waals surface area contributed by atoms with Gasteiger partial charge in [0.2, 0.25) is 10.0 Å². The van der Waals surface area contributed by atoms with Crippen molar-refractivity contribution in [2.75, 3.05) is 28.0 Å². The van der Waals surface area contributed by atoms with Crippen molar-refractivity contribution in [1.82, 2.24) is 0 Å². The van der Waals surface area contributed by atoms with Gasteiger partial charge < -0.3 is 10.2 Å². The summed E-state index contributed by atoms with van der Waals surface area (Å²) in [5.74, 6) is 1.48. The molecule has 0 spiro atoms. The lowest BCUT2D eigenvalue weighted by Gasteiger charge is -2.36. The topological polar surface area (TPSA) is 61.4 Å². The Morgan fingerprint density at radius 1 is 0.931 bits per heavy atom. The van der Waals surface area contributed by atoms with Gasteiger partial charge in [0, 0.05) is 36.7 Å². The third kappa shape index (κ3) is 5.89. The molecule has 2 atom stereocenters. The van der Waals surface area contributed by atoms with Gasteiger partial charge in [-0.3, -0.25) is 4.72 Å². The number of hydrogen-bond donors (Lipinski definition) is 2. The number of anilines is 3. The normalized spacial score (nSPS) is 20.0. The van der Waals surface area contributed by atoms with Crippen molar-refractivity contribution in [3.8, 4) is 0 Å². The van der Waals surface area contributed by atoms with Crippen LogP contribution < -0.4 is 14.9 Å². The zero-order chi connectivity index (χ0) is 21.0. The fourth-order valence-electron chi connectivity index (χ4n) is 3.84. The molecule has 0 aromatic heterocycles. The second kappa shape index (κ2) is 9.08. The average Bonchev–Trinajstić information content (AvgIpc) is 2.67. The van der Waals surface area contributed by atoms with Gasteiger partial charge in [0.15, 0.2) is 0 Å². The van der Waals surface area contributed by atoms with E-state index in [0.717, 1.165) is 36.2 Å². The van der Waals surface area contributed by atoms with E-state index in [0.29, 0.717) is 12.2 Å². The molecule has 1 saturated heterocycles. The molecule has 29 heavy (non-hydrogen) atoms. The van der Waals surface area contributed by atoms with Crippen LogP contribution in [0.25, 0.3) is 0 Å². The second-order valence-corrected chi connectivity index (χ2v) is 10.9. The summed E-state index contributed by atoms with van der Waals surface area (Å²) in [7, 11) is -3.31. The summed E-state index contributed by atoms with van der Waals surface area (Å²) >= 11 is 0. The number of piperidine rings is 1. The van der Waals surface area contributed by atoms with Crippen LogP contribution in [-0.4, -0.2) is 26.8 Å². The first-order chi connectivity index (χ1) is 13.7. The van der Waals surface area contributed by atoms with Gasteiger partial charge in [-0.2, -0.15) is 0 Å². The molecule has 1 aliphatic heterocycles. The van der Waals surface area contributed by atoms with E-state index in [2.05, 4.69) is 53.1 Å². The third-order valence-electron chi connectivity index (χ3n) is 5.43. The maximum Gasteiger partial charge on any atom is 0.235 e. The summed E-state index contributed by atoms with van der Waals surface area (Å²) in [5.41, 5.74) is 4.06. The SMILES string of the molecule is CC(C)S(=O)(=O)Nc1ccc(CNc2ccc(N3C[C@H](C)C[C@H](C)C3)cc2)cc1. The quantitative estimate of drug-likeness (QED) is 0.673. The van der Waals surface area contributed by atoms with Crippen molar-refractivity contribution in [3.05, 3.63) is 54.1 Å². The Balaban J connectivity index is 1.55. The molecule has 1 fully saturated rings. The van der Waals surface area contributed by atoms with Crippen LogP contribution in [0, 0.1) is 11.8 Å². The maximum absolute atomic E-state index is 11.9. The van der Waals surface area contributed by atoms with E-state index in [4.69, 9.17) is 0 Å². The first kappa shape index (κ1) is 21.5. The average molecular weight is 416 g/mol. The number of hydrogen-bond acceptors (Lipinski definition) is 4. The highest BCUT2D eigenvalue weighted by Crippen LogP contribution is 2.27. The highest BCUT2D eigenvalue weighted by molar-refractivity contribution is 7.93. The monoisotopic (exact) mass is 415 g/mol. The minimum absolute atomic E-state index is 0.455. The van der Waals surface area contributed by atoms with Crippen LogP contribution in [0.15, 0.2) is 48.5 Å². The van der Waals surface area contributed by atoms with Crippen LogP contribution in [0.3, 0.4) is 0 Å². The second-order valence-electron chi connectivity index (χ2n) is 8.64. The summed E-state index contributed by atoms with van der Waals surface area (Å²) in [6, 6.07) is 16.1. The molecule has 0 amide bonds. The van der Waals surface area contributed by atoms with Crippen LogP contribution in [0.4, 0.5) is 17.1 Å². The van der Waals surface area contributed by atoms with Crippen molar-refractivity contribution >= 4 is 27.1 Å². The van der Waals surface area contributed by atoms with Gasteiger partial charge in [-0.25, -0.2) is 8.42 Å². The number of nitrogens with one attached hydrogen (secondary N) is 2. The van der Waals surface area contributed by atoms with E-state index in [1.165, 1.54) is 12.1 Å². The fourth-order valence-corrected chi connectivity index (χ4v) is 4.54. The van der Waals surface area contributed by atoms with E-state index < -0.39 is 15.3 Å². The van der Waals surface area contributed by atoms with Gasteiger partial charge in [0.05, 0.1) is 5.25 Å². The zero-order valence-corrected chi connectivity index (χ0v) is 18.7. The number of nitrogens with zero attached hydrogens (tertiary/aromatic N) is 1. The molecule has 6 heteroatoms. The molecule has 2 N–H and O–H groups in total. The summed E-state index contributed by atoms with van der Waals surface area (Å²) in [5, 5.41) is 2.98. The molecule has 1 aliphatic rings. The Morgan fingerprint density at radius 2 is 1.48 bits per heavy atom. The van der Waals surface area contributed by atoms with Gasteiger partial charge >= 0.3 is 0 Å². The van der Waals surface area contributed by atoms with Crippen LogP contribution in [0.2, 0.25) is 0 Å². The van der Waals surface area contributed by atoms with Gasteiger partial charge in [-0.15, -0.1) is 0 Å². The van der Waals surface area contributed by atoms with Gasteiger partial charge in [-0.1, -0.05) is 26.0 Å². The molecule has 0 bridgehead atoms. The van der Waals surface area contributed by atoms with Crippen LogP contribution in [0.1, 0.15) is 39.7 Å². The van der Waals surface area contributed by atoms with E-state index in [1.807, 2.05) is 12.1 Å². The molecule has 0 aliphatic carbocycles. The Labute approximate surface area is 175 Å². The number of rotatable bonds is 7. The highest BCUT2D eigenvalue weighted by atomic mass is 32.2. The molecule has 0 radical (unpaired) electrons. The lowest BCUT2D eigenvalue weighted by Crippen LogP contribution is -2.38. The number of sulfonamides is 1. The predicted molar refractivity (Wildman–Crippen MR) is 123 cm³/mol. The van der Waals surface area contributed by atoms with E-state index in [9.17, 15) is 8.42 Å². The van der Waals surface area contributed by atoms with Crippen molar-refractivity contribution in [2.24, 2.45) is 11.8 Å². The highest BCUT2D eigenvalue weighted by Gasteiger charge is 2.21. The molecule has 5 nitrogen and oxygen atoms in total. The molecule has 1 heterocycles. The molecular formula is C23H33N3O2S. The lowest BCUT2D eigenvalue weighted by molar-refractivity contribution is 0.357. The first-order valence-corrected chi connectivity index (χ1v) is 12.0. The van der Waals surface area contributed by atoms with Crippen molar-refractivity contribution < 1.29 is 8.42 Å². The predicted octanol–water partition coefficient (Wildman–Crippen LogP) is 4.93. The van der Waals surface area contributed by atoms with Crippen LogP contribution >= 0.6 is 0 Å². The Morgan fingerprint density at radius 3 is 2.03 bits per heavy atom.